The number of hydrazine groups is 1. The van der Waals surface area contributed by atoms with Gasteiger partial charge in [-0.1, -0.05) is 17.7 Å². The van der Waals surface area contributed by atoms with Crippen LogP contribution in [0.5, 0.6) is 5.75 Å². The van der Waals surface area contributed by atoms with Gasteiger partial charge in [0.1, 0.15) is 11.6 Å². The van der Waals surface area contributed by atoms with Crippen LogP contribution in [0.25, 0.3) is 0 Å². The number of hydrogen-bond acceptors (Lipinski definition) is 3. The molecule has 0 aliphatic carbocycles. The third-order valence-corrected chi connectivity index (χ3v) is 3.32. The van der Waals surface area contributed by atoms with Crippen molar-refractivity contribution in [2.24, 2.45) is 5.84 Å². The van der Waals surface area contributed by atoms with Crippen molar-refractivity contribution in [3.05, 3.63) is 63.9 Å². The van der Waals surface area contributed by atoms with Crippen molar-refractivity contribution in [2.75, 3.05) is 7.11 Å². The Labute approximate surface area is 124 Å². The number of ether oxygens (including phenoxy) is 1. The SMILES string of the molecule is COc1ccc(C(NN)c2cc(F)c(Cl)cc2F)cc1F. The molecule has 2 rings (SSSR count). The lowest BCUT2D eigenvalue weighted by atomic mass is 9.98. The second-order valence-corrected chi connectivity index (χ2v) is 4.69. The molecular weight excluding hydrogens is 305 g/mol. The first-order chi connectivity index (χ1) is 9.97. The Morgan fingerprint density at radius 1 is 1.10 bits per heavy atom. The van der Waals surface area contributed by atoms with E-state index in [2.05, 4.69) is 5.43 Å². The molecule has 2 aromatic carbocycles. The van der Waals surface area contributed by atoms with E-state index >= 15 is 0 Å². The van der Waals surface area contributed by atoms with Crippen LogP contribution >= 0.6 is 11.6 Å². The zero-order chi connectivity index (χ0) is 15.6. The van der Waals surface area contributed by atoms with E-state index < -0.39 is 23.5 Å². The van der Waals surface area contributed by atoms with Gasteiger partial charge in [0, 0.05) is 5.56 Å². The van der Waals surface area contributed by atoms with Crippen LogP contribution in [0, 0.1) is 17.5 Å². The summed E-state index contributed by atoms with van der Waals surface area (Å²) in [4.78, 5) is 0. The molecule has 1 atom stereocenters. The van der Waals surface area contributed by atoms with Crippen molar-refractivity contribution in [3.8, 4) is 5.75 Å². The maximum absolute atomic E-state index is 13.9. The number of rotatable bonds is 4. The smallest absolute Gasteiger partial charge is 0.165 e. The summed E-state index contributed by atoms with van der Waals surface area (Å²) >= 11 is 5.50. The number of nitrogens with one attached hydrogen (secondary N) is 1. The van der Waals surface area contributed by atoms with Crippen molar-refractivity contribution in [1.29, 1.82) is 0 Å². The van der Waals surface area contributed by atoms with Gasteiger partial charge in [0.05, 0.1) is 18.2 Å². The number of halogens is 4. The van der Waals surface area contributed by atoms with Crippen LogP contribution < -0.4 is 16.0 Å². The molecule has 3 N–H and O–H groups in total. The highest BCUT2D eigenvalue weighted by atomic mass is 35.5. The largest absolute Gasteiger partial charge is 0.494 e. The van der Waals surface area contributed by atoms with Crippen LogP contribution in [0.3, 0.4) is 0 Å². The van der Waals surface area contributed by atoms with E-state index in [0.29, 0.717) is 5.56 Å². The molecule has 3 nitrogen and oxygen atoms in total. The van der Waals surface area contributed by atoms with Gasteiger partial charge in [0.2, 0.25) is 0 Å². The fraction of sp³-hybridized carbons (Fsp3) is 0.143. The van der Waals surface area contributed by atoms with E-state index in [0.717, 1.165) is 18.2 Å². The fourth-order valence-corrected chi connectivity index (χ4v) is 2.14. The van der Waals surface area contributed by atoms with Gasteiger partial charge < -0.3 is 4.74 Å². The predicted molar refractivity (Wildman–Crippen MR) is 73.5 cm³/mol. The molecule has 0 bridgehead atoms. The second-order valence-electron chi connectivity index (χ2n) is 4.28. The highest BCUT2D eigenvalue weighted by Crippen LogP contribution is 2.30. The normalized spacial score (nSPS) is 12.3. The van der Waals surface area contributed by atoms with Gasteiger partial charge in [0.15, 0.2) is 11.6 Å². The number of methoxy groups -OCH3 is 1. The van der Waals surface area contributed by atoms with Gasteiger partial charge in [0.25, 0.3) is 0 Å². The molecule has 0 amide bonds. The Kier molecular flexibility index (Phi) is 4.72. The van der Waals surface area contributed by atoms with Crippen molar-refractivity contribution in [3.63, 3.8) is 0 Å². The van der Waals surface area contributed by atoms with Crippen molar-refractivity contribution < 1.29 is 17.9 Å². The van der Waals surface area contributed by atoms with E-state index in [9.17, 15) is 13.2 Å². The van der Waals surface area contributed by atoms with E-state index in [1.165, 1.54) is 19.2 Å². The predicted octanol–water partition coefficient (Wildman–Crippen LogP) is 3.32. The van der Waals surface area contributed by atoms with Crippen LogP contribution in [-0.4, -0.2) is 7.11 Å². The fourth-order valence-electron chi connectivity index (χ4n) is 1.99. The van der Waals surface area contributed by atoms with Gasteiger partial charge in [-0.15, -0.1) is 0 Å². The van der Waals surface area contributed by atoms with Gasteiger partial charge in [-0.3, -0.25) is 5.84 Å². The molecular formula is C14H12ClF3N2O. The highest BCUT2D eigenvalue weighted by Gasteiger charge is 2.20. The average molecular weight is 317 g/mol. The van der Waals surface area contributed by atoms with Crippen molar-refractivity contribution in [2.45, 2.75) is 6.04 Å². The number of hydrogen-bond donors (Lipinski definition) is 2. The quantitative estimate of drug-likeness (QED) is 0.517. The van der Waals surface area contributed by atoms with E-state index in [1.807, 2.05) is 0 Å². The van der Waals surface area contributed by atoms with Crippen LogP contribution in [0.1, 0.15) is 17.2 Å². The van der Waals surface area contributed by atoms with Crippen LogP contribution in [0.4, 0.5) is 13.2 Å². The minimum Gasteiger partial charge on any atom is -0.494 e. The van der Waals surface area contributed by atoms with Gasteiger partial charge in [-0.25, -0.2) is 18.6 Å². The molecule has 0 saturated carbocycles. The second kappa shape index (κ2) is 6.34. The summed E-state index contributed by atoms with van der Waals surface area (Å²) in [6, 6.07) is 4.84. The maximum Gasteiger partial charge on any atom is 0.165 e. The molecule has 2 aromatic rings. The minimum absolute atomic E-state index is 0.0391. The average Bonchev–Trinajstić information content (AvgIpc) is 2.45. The summed E-state index contributed by atoms with van der Waals surface area (Å²) < 4.78 is 46.0. The number of benzene rings is 2. The standard InChI is InChI=1S/C14H12ClF3N2O/c1-21-13-3-2-7(4-12(13)18)14(20-19)8-5-11(17)9(15)6-10(8)16/h2-6,14,20H,19H2,1H3. The topological polar surface area (TPSA) is 47.3 Å². The molecule has 21 heavy (non-hydrogen) atoms. The molecule has 0 saturated heterocycles. The summed E-state index contributed by atoms with van der Waals surface area (Å²) in [5.74, 6) is 3.25. The summed E-state index contributed by atoms with van der Waals surface area (Å²) in [7, 11) is 1.32. The van der Waals surface area contributed by atoms with Crippen LogP contribution in [0.2, 0.25) is 5.02 Å². The van der Waals surface area contributed by atoms with Gasteiger partial charge in [-0.05, 0) is 29.8 Å². The zero-order valence-corrected chi connectivity index (χ0v) is 11.7. The van der Waals surface area contributed by atoms with Crippen LogP contribution in [0.15, 0.2) is 30.3 Å². The lowest BCUT2D eigenvalue weighted by molar-refractivity contribution is 0.385. The Bertz CT molecular complexity index is 667. The molecule has 1 unspecified atom stereocenters. The summed E-state index contributed by atoms with van der Waals surface area (Å²) in [6.45, 7) is 0. The molecule has 0 aliphatic heterocycles. The van der Waals surface area contributed by atoms with Crippen molar-refractivity contribution >= 4 is 11.6 Å². The molecule has 0 fully saturated rings. The first-order valence-electron chi connectivity index (χ1n) is 5.92. The monoisotopic (exact) mass is 316 g/mol. The highest BCUT2D eigenvalue weighted by molar-refractivity contribution is 6.30. The molecule has 112 valence electrons. The first kappa shape index (κ1) is 15.6. The molecule has 0 aliphatic rings. The third-order valence-electron chi connectivity index (χ3n) is 3.03. The molecule has 0 radical (unpaired) electrons. The Morgan fingerprint density at radius 3 is 2.38 bits per heavy atom. The Balaban J connectivity index is 2.49. The van der Waals surface area contributed by atoms with E-state index in [-0.39, 0.29) is 16.3 Å². The Hall–Kier alpha value is -1.76. The minimum atomic E-state index is -0.933. The Morgan fingerprint density at radius 2 is 1.81 bits per heavy atom. The van der Waals surface area contributed by atoms with Crippen LogP contribution in [-0.2, 0) is 0 Å². The first-order valence-corrected chi connectivity index (χ1v) is 6.29. The van der Waals surface area contributed by atoms with Gasteiger partial charge >= 0.3 is 0 Å². The van der Waals surface area contributed by atoms with Gasteiger partial charge in [-0.2, -0.15) is 0 Å². The molecule has 0 aromatic heterocycles. The third kappa shape index (κ3) is 3.12. The summed E-state index contributed by atoms with van der Waals surface area (Å²) in [5.41, 5.74) is 2.57. The summed E-state index contributed by atoms with van der Waals surface area (Å²) in [5, 5.41) is -0.340. The lowest BCUT2D eigenvalue weighted by Gasteiger charge is -2.18. The molecule has 7 heteroatoms. The summed E-state index contributed by atoms with van der Waals surface area (Å²) in [6.07, 6.45) is 0. The molecule has 0 heterocycles. The van der Waals surface area contributed by atoms with E-state index in [4.69, 9.17) is 22.2 Å². The maximum atomic E-state index is 13.9. The van der Waals surface area contributed by atoms with E-state index in [1.54, 1.807) is 0 Å². The number of nitrogens with two attached hydrogens (primary N) is 1. The molecule has 0 spiro atoms. The lowest BCUT2D eigenvalue weighted by Crippen LogP contribution is -2.29. The zero-order valence-electron chi connectivity index (χ0n) is 11.0. The van der Waals surface area contributed by atoms with Crippen molar-refractivity contribution in [1.82, 2.24) is 5.43 Å².